The van der Waals surface area contributed by atoms with Gasteiger partial charge in [0.2, 0.25) is 11.9 Å². The van der Waals surface area contributed by atoms with Crippen LogP contribution >= 0.6 is 0 Å². The number of benzene rings is 2. The number of hydrogen-bond acceptors (Lipinski definition) is 7. The fraction of sp³-hybridized carbons (Fsp3) is 0.269. The zero-order chi connectivity index (χ0) is 22.9. The highest BCUT2D eigenvalue weighted by atomic mass is 16.5. The van der Waals surface area contributed by atoms with Crippen LogP contribution in [0.3, 0.4) is 0 Å². The zero-order valence-electron chi connectivity index (χ0n) is 18.9. The standard InChI is InChI=1S/C26H25N5O2/c1-4-33-19-9-10-22-20(13-19)16(3)28-26(29-22)31-25-27-14-21-23(30-25)11-18(12-24(21)32)17-7-5-15(2)6-8-17/h5-10,13-14,18H,4,11-12H2,1-3H3,(H,27,28,29,30,31). The van der Waals surface area contributed by atoms with Crippen molar-refractivity contribution in [2.75, 3.05) is 11.9 Å². The van der Waals surface area contributed by atoms with Gasteiger partial charge in [-0.05, 0) is 56.9 Å². The monoisotopic (exact) mass is 439 g/mol. The lowest BCUT2D eigenvalue weighted by atomic mass is 9.82. The Kier molecular flexibility index (Phi) is 5.46. The van der Waals surface area contributed by atoms with Crippen LogP contribution in [0.4, 0.5) is 11.9 Å². The molecule has 166 valence electrons. The Balaban J connectivity index is 1.42. The number of carbonyl (C=O) groups excluding carboxylic acids is 1. The molecule has 33 heavy (non-hydrogen) atoms. The molecular formula is C26H25N5O2. The van der Waals surface area contributed by atoms with Crippen molar-refractivity contribution in [2.45, 2.75) is 39.5 Å². The van der Waals surface area contributed by atoms with E-state index in [1.165, 1.54) is 5.56 Å². The second-order valence-electron chi connectivity index (χ2n) is 8.36. The number of anilines is 2. The van der Waals surface area contributed by atoms with Crippen LogP contribution in [0.1, 0.15) is 52.1 Å². The molecule has 0 radical (unpaired) electrons. The summed E-state index contributed by atoms with van der Waals surface area (Å²) < 4.78 is 5.58. The molecule has 0 aliphatic heterocycles. The highest BCUT2D eigenvalue weighted by Gasteiger charge is 2.28. The van der Waals surface area contributed by atoms with E-state index in [9.17, 15) is 4.79 Å². The highest BCUT2D eigenvalue weighted by molar-refractivity contribution is 5.98. The van der Waals surface area contributed by atoms with Gasteiger partial charge in [-0.2, -0.15) is 0 Å². The summed E-state index contributed by atoms with van der Waals surface area (Å²) in [4.78, 5) is 30.9. The van der Waals surface area contributed by atoms with Gasteiger partial charge in [-0.15, -0.1) is 0 Å². The summed E-state index contributed by atoms with van der Waals surface area (Å²) >= 11 is 0. The Morgan fingerprint density at radius 2 is 1.82 bits per heavy atom. The molecule has 4 aromatic rings. The van der Waals surface area contributed by atoms with E-state index in [0.717, 1.165) is 33.6 Å². The molecule has 0 spiro atoms. The van der Waals surface area contributed by atoms with Gasteiger partial charge < -0.3 is 4.74 Å². The maximum absolute atomic E-state index is 12.7. The molecule has 2 aromatic carbocycles. The summed E-state index contributed by atoms with van der Waals surface area (Å²) in [5.41, 5.74) is 5.36. The van der Waals surface area contributed by atoms with Crippen molar-refractivity contribution in [3.05, 3.63) is 76.7 Å². The smallest absolute Gasteiger partial charge is 0.230 e. The minimum atomic E-state index is 0.0799. The molecule has 1 N–H and O–H groups in total. The second kappa shape index (κ2) is 8.58. The number of aryl methyl sites for hydroxylation is 2. The summed E-state index contributed by atoms with van der Waals surface area (Å²) in [6.45, 7) is 6.55. The van der Waals surface area contributed by atoms with Crippen molar-refractivity contribution in [2.24, 2.45) is 0 Å². The fourth-order valence-corrected chi connectivity index (χ4v) is 4.25. The van der Waals surface area contributed by atoms with Gasteiger partial charge in [0, 0.05) is 18.0 Å². The Morgan fingerprint density at radius 3 is 2.61 bits per heavy atom. The lowest BCUT2D eigenvalue weighted by molar-refractivity contribution is 0.0962. The zero-order valence-corrected chi connectivity index (χ0v) is 18.9. The van der Waals surface area contributed by atoms with E-state index in [1.54, 1.807) is 6.20 Å². The molecular weight excluding hydrogens is 414 g/mol. The molecule has 2 aromatic heterocycles. The number of ketones is 1. The van der Waals surface area contributed by atoms with E-state index in [0.29, 0.717) is 36.9 Å². The number of carbonyl (C=O) groups is 1. The average molecular weight is 440 g/mol. The molecule has 0 saturated carbocycles. The summed E-state index contributed by atoms with van der Waals surface area (Å²) in [6.07, 6.45) is 2.78. The molecule has 7 nitrogen and oxygen atoms in total. The fourth-order valence-electron chi connectivity index (χ4n) is 4.25. The van der Waals surface area contributed by atoms with Gasteiger partial charge in [0.05, 0.1) is 29.1 Å². The summed E-state index contributed by atoms with van der Waals surface area (Å²) in [6, 6.07) is 14.1. The van der Waals surface area contributed by atoms with Crippen molar-refractivity contribution in [3.8, 4) is 5.75 Å². The molecule has 1 atom stereocenters. The summed E-state index contributed by atoms with van der Waals surface area (Å²) in [5, 5.41) is 4.05. The predicted octanol–water partition coefficient (Wildman–Crippen LogP) is 5.09. The third-order valence-electron chi connectivity index (χ3n) is 5.98. The topological polar surface area (TPSA) is 89.9 Å². The van der Waals surface area contributed by atoms with Gasteiger partial charge in [0.1, 0.15) is 5.75 Å². The van der Waals surface area contributed by atoms with E-state index in [1.807, 2.05) is 32.0 Å². The number of fused-ring (bicyclic) bond motifs is 2. The Bertz CT molecular complexity index is 1350. The molecule has 1 aliphatic rings. The van der Waals surface area contributed by atoms with Crippen LogP contribution in [0.2, 0.25) is 0 Å². The second-order valence-corrected chi connectivity index (χ2v) is 8.36. The van der Waals surface area contributed by atoms with E-state index >= 15 is 0 Å². The highest BCUT2D eigenvalue weighted by Crippen LogP contribution is 2.32. The molecule has 0 amide bonds. The number of hydrogen-bond donors (Lipinski definition) is 1. The van der Waals surface area contributed by atoms with Crippen LogP contribution in [0.25, 0.3) is 10.9 Å². The molecule has 5 rings (SSSR count). The minimum Gasteiger partial charge on any atom is -0.494 e. The van der Waals surface area contributed by atoms with Gasteiger partial charge >= 0.3 is 0 Å². The molecule has 0 fully saturated rings. The van der Waals surface area contributed by atoms with Crippen molar-refractivity contribution < 1.29 is 9.53 Å². The summed E-state index contributed by atoms with van der Waals surface area (Å²) in [7, 11) is 0. The number of nitrogens with one attached hydrogen (secondary N) is 1. The van der Waals surface area contributed by atoms with Gasteiger partial charge in [-0.25, -0.2) is 19.9 Å². The van der Waals surface area contributed by atoms with Gasteiger partial charge in [0.15, 0.2) is 5.78 Å². The van der Waals surface area contributed by atoms with Crippen LogP contribution in [-0.2, 0) is 6.42 Å². The first kappa shape index (κ1) is 21.0. The van der Waals surface area contributed by atoms with Crippen LogP contribution < -0.4 is 10.1 Å². The van der Waals surface area contributed by atoms with Crippen LogP contribution in [0.15, 0.2) is 48.7 Å². The van der Waals surface area contributed by atoms with Crippen molar-refractivity contribution in [1.82, 2.24) is 19.9 Å². The van der Waals surface area contributed by atoms with Crippen molar-refractivity contribution >= 4 is 28.6 Å². The normalized spacial score (nSPS) is 15.4. The van der Waals surface area contributed by atoms with E-state index in [4.69, 9.17) is 4.74 Å². The number of aromatic nitrogens is 4. The number of ether oxygens (including phenoxy) is 1. The van der Waals surface area contributed by atoms with Crippen LogP contribution in [0, 0.1) is 13.8 Å². The Hall–Kier alpha value is -3.87. The number of nitrogens with zero attached hydrogens (tertiary/aromatic N) is 4. The first-order valence-corrected chi connectivity index (χ1v) is 11.1. The molecule has 1 aliphatic carbocycles. The Morgan fingerprint density at radius 1 is 1.00 bits per heavy atom. The minimum absolute atomic E-state index is 0.0799. The largest absolute Gasteiger partial charge is 0.494 e. The average Bonchev–Trinajstić information content (AvgIpc) is 2.80. The van der Waals surface area contributed by atoms with E-state index in [-0.39, 0.29) is 11.7 Å². The SMILES string of the molecule is CCOc1ccc2nc(Nc3ncc4c(n3)CC(c3ccc(C)cc3)CC4=O)nc(C)c2c1. The molecule has 7 heteroatoms. The lowest BCUT2D eigenvalue weighted by Crippen LogP contribution is -2.21. The van der Waals surface area contributed by atoms with Gasteiger partial charge in [-0.3, -0.25) is 10.1 Å². The van der Waals surface area contributed by atoms with Crippen LogP contribution in [-0.4, -0.2) is 32.3 Å². The lowest BCUT2D eigenvalue weighted by Gasteiger charge is -2.23. The quantitative estimate of drug-likeness (QED) is 0.463. The number of Topliss-reactive ketones (excluding diaryl/α,β-unsaturated/α-hetero) is 1. The number of rotatable bonds is 5. The van der Waals surface area contributed by atoms with E-state index in [2.05, 4.69) is 56.4 Å². The molecule has 0 saturated heterocycles. The maximum Gasteiger partial charge on any atom is 0.230 e. The maximum atomic E-state index is 12.7. The summed E-state index contributed by atoms with van der Waals surface area (Å²) in [5.74, 6) is 1.80. The van der Waals surface area contributed by atoms with Crippen LogP contribution in [0.5, 0.6) is 5.75 Å². The third-order valence-corrected chi connectivity index (χ3v) is 5.98. The van der Waals surface area contributed by atoms with Gasteiger partial charge in [0.25, 0.3) is 0 Å². The van der Waals surface area contributed by atoms with Crippen molar-refractivity contribution in [3.63, 3.8) is 0 Å². The molecule has 2 heterocycles. The predicted molar refractivity (Wildman–Crippen MR) is 127 cm³/mol. The van der Waals surface area contributed by atoms with E-state index < -0.39 is 0 Å². The molecule has 0 bridgehead atoms. The first-order chi connectivity index (χ1) is 16.0. The van der Waals surface area contributed by atoms with Crippen molar-refractivity contribution in [1.29, 1.82) is 0 Å². The third kappa shape index (κ3) is 4.26. The molecule has 1 unspecified atom stereocenters. The Labute approximate surface area is 192 Å². The first-order valence-electron chi connectivity index (χ1n) is 11.1. The van der Waals surface area contributed by atoms with Gasteiger partial charge in [-0.1, -0.05) is 29.8 Å².